The van der Waals surface area contributed by atoms with E-state index in [1.54, 1.807) is 6.07 Å². The smallest absolute Gasteiger partial charge is 0.250 e. The third-order valence-corrected chi connectivity index (χ3v) is 2.21. The van der Waals surface area contributed by atoms with Crippen molar-refractivity contribution < 1.29 is 8.78 Å². The van der Waals surface area contributed by atoms with Gasteiger partial charge in [-0.25, -0.2) is 8.78 Å². The lowest BCUT2D eigenvalue weighted by atomic mass is 10.0. The predicted octanol–water partition coefficient (Wildman–Crippen LogP) is 2.70. The lowest BCUT2D eigenvalue weighted by Crippen LogP contribution is -2.03. The molecule has 0 spiro atoms. The van der Waals surface area contributed by atoms with Gasteiger partial charge in [-0.1, -0.05) is 0 Å². The highest BCUT2D eigenvalue weighted by Gasteiger charge is 2.16. The second-order valence-electron chi connectivity index (χ2n) is 2.90. The maximum absolute atomic E-state index is 12.4. The minimum atomic E-state index is -2.76. The van der Waals surface area contributed by atoms with Gasteiger partial charge in [0.2, 0.25) is 0 Å². The minimum Gasteiger partial charge on any atom is -0.250 e. The van der Waals surface area contributed by atoms with Crippen LogP contribution in [0, 0.1) is 22.7 Å². The molecule has 0 atom stereocenters. The molecule has 1 heterocycles. The zero-order valence-electron chi connectivity index (χ0n) is 8.04. The van der Waals surface area contributed by atoms with E-state index in [1.807, 2.05) is 6.07 Å². The largest absolute Gasteiger partial charge is 0.280 e. The van der Waals surface area contributed by atoms with E-state index < -0.39 is 12.1 Å². The molecule has 0 unspecified atom stereocenters. The summed E-state index contributed by atoms with van der Waals surface area (Å²) >= 11 is 5.55. The van der Waals surface area contributed by atoms with E-state index in [9.17, 15) is 8.78 Å². The second-order valence-corrected chi connectivity index (χ2v) is 3.17. The quantitative estimate of drug-likeness (QED) is 0.765. The molecule has 0 amide bonds. The summed E-state index contributed by atoms with van der Waals surface area (Å²) in [7, 11) is 0. The molecular formula is C10H6ClF2N3. The number of halogens is 3. The summed E-state index contributed by atoms with van der Waals surface area (Å²) in [4.78, 5) is 3.63. The van der Waals surface area contributed by atoms with Crippen LogP contribution in [-0.2, 0) is 12.3 Å². The molecule has 0 saturated carbocycles. The molecular weight excluding hydrogens is 236 g/mol. The van der Waals surface area contributed by atoms with Crippen LogP contribution in [0.25, 0.3) is 0 Å². The van der Waals surface area contributed by atoms with Gasteiger partial charge in [0.25, 0.3) is 6.43 Å². The predicted molar refractivity (Wildman–Crippen MR) is 52.8 cm³/mol. The SMILES string of the molecule is N#CCc1c(C#N)cc(C(F)F)nc1CCl. The fourth-order valence-corrected chi connectivity index (χ4v) is 1.47. The van der Waals surface area contributed by atoms with E-state index in [-0.39, 0.29) is 23.6 Å². The van der Waals surface area contributed by atoms with Crippen molar-refractivity contribution in [3.63, 3.8) is 0 Å². The maximum atomic E-state index is 12.4. The maximum Gasteiger partial charge on any atom is 0.280 e. The topological polar surface area (TPSA) is 60.5 Å². The summed E-state index contributed by atoms with van der Waals surface area (Å²) < 4.78 is 24.9. The average molecular weight is 242 g/mol. The number of nitrogens with zero attached hydrogens (tertiary/aromatic N) is 3. The van der Waals surface area contributed by atoms with Gasteiger partial charge in [0.1, 0.15) is 5.69 Å². The van der Waals surface area contributed by atoms with Crippen molar-refractivity contribution in [2.45, 2.75) is 18.7 Å². The van der Waals surface area contributed by atoms with Gasteiger partial charge in [0, 0.05) is 5.56 Å². The van der Waals surface area contributed by atoms with Crippen LogP contribution in [0.2, 0.25) is 0 Å². The summed E-state index contributed by atoms with van der Waals surface area (Å²) in [6.45, 7) is 0. The molecule has 0 fully saturated rings. The Morgan fingerprint density at radius 2 is 2.12 bits per heavy atom. The van der Waals surface area contributed by atoms with Crippen LogP contribution in [0.15, 0.2) is 6.07 Å². The van der Waals surface area contributed by atoms with E-state index in [0.717, 1.165) is 6.07 Å². The van der Waals surface area contributed by atoms with Crippen LogP contribution < -0.4 is 0 Å². The second kappa shape index (κ2) is 5.39. The first-order valence-corrected chi connectivity index (χ1v) is 4.81. The van der Waals surface area contributed by atoms with Crippen LogP contribution in [0.5, 0.6) is 0 Å². The van der Waals surface area contributed by atoms with Gasteiger partial charge in [0.15, 0.2) is 0 Å². The third kappa shape index (κ3) is 2.44. The molecule has 6 heteroatoms. The Morgan fingerprint density at radius 3 is 2.56 bits per heavy atom. The highest BCUT2D eigenvalue weighted by atomic mass is 35.5. The number of hydrogen-bond acceptors (Lipinski definition) is 3. The zero-order chi connectivity index (χ0) is 12.1. The Labute approximate surface area is 95.9 Å². The van der Waals surface area contributed by atoms with Gasteiger partial charge >= 0.3 is 0 Å². The zero-order valence-corrected chi connectivity index (χ0v) is 8.80. The molecule has 1 aromatic rings. The van der Waals surface area contributed by atoms with Crippen molar-refractivity contribution in [1.82, 2.24) is 4.98 Å². The fourth-order valence-electron chi connectivity index (χ4n) is 1.24. The Hall–Kier alpha value is -1.72. The third-order valence-electron chi connectivity index (χ3n) is 1.96. The van der Waals surface area contributed by atoms with Crippen molar-refractivity contribution >= 4 is 11.6 Å². The molecule has 0 N–H and O–H groups in total. The van der Waals surface area contributed by atoms with E-state index in [2.05, 4.69) is 4.98 Å². The molecule has 0 aliphatic carbocycles. The van der Waals surface area contributed by atoms with Gasteiger partial charge in [-0.3, -0.25) is 4.98 Å². The Balaban J connectivity index is 3.39. The number of rotatable bonds is 3. The van der Waals surface area contributed by atoms with Crippen molar-refractivity contribution in [3.8, 4) is 12.1 Å². The number of pyridine rings is 1. The molecule has 0 radical (unpaired) electrons. The minimum absolute atomic E-state index is 0.0301. The van der Waals surface area contributed by atoms with Gasteiger partial charge in [-0.15, -0.1) is 11.6 Å². The Morgan fingerprint density at radius 1 is 1.44 bits per heavy atom. The first-order valence-electron chi connectivity index (χ1n) is 4.27. The van der Waals surface area contributed by atoms with Crippen molar-refractivity contribution in [1.29, 1.82) is 10.5 Å². The molecule has 16 heavy (non-hydrogen) atoms. The number of alkyl halides is 3. The number of aromatic nitrogens is 1. The fraction of sp³-hybridized carbons (Fsp3) is 0.300. The first-order chi connectivity index (χ1) is 7.63. The highest BCUT2D eigenvalue weighted by molar-refractivity contribution is 6.17. The Kier molecular flexibility index (Phi) is 4.16. The molecule has 0 aliphatic heterocycles. The van der Waals surface area contributed by atoms with Crippen LogP contribution >= 0.6 is 11.6 Å². The normalized spacial score (nSPS) is 9.88. The van der Waals surface area contributed by atoms with Crippen molar-refractivity contribution in [2.75, 3.05) is 0 Å². The summed E-state index contributed by atoms with van der Waals surface area (Å²) in [5.74, 6) is -0.105. The molecule has 1 aromatic heterocycles. The van der Waals surface area contributed by atoms with Crippen molar-refractivity contribution in [3.05, 3.63) is 28.6 Å². The van der Waals surface area contributed by atoms with Gasteiger partial charge in [-0.2, -0.15) is 10.5 Å². The molecule has 0 aliphatic rings. The van der Waals surface area contributed by atoms with Crippen LogP contribution in [-0.4, -0.2) is 4.98 Å². The standard InChI is InChI=1S/C10H6ClF2N3/c11-4-9-7(1-2-14)6(5-15)3-8(16-9)10(12)13/h3,10H,1,4H2. The monoisotopic (exact) mass is 241 g/mol. The number of hydrogen-bond donors (Lipinski definition) is 0. The lowest BCUT2D eigenvalue weighted by Gasteiger charge is -2.08. The lowest BCUT2D eigenvalue weighted by molar-refractivity contribution is 0.146. The molecule has 1 rings (SSSR count). The van der Waals surface area contributed by atoms with E-state index in [0.29, 0.717) is 5.56 Å². The van der Waals surface area contributed by atoms with Gasteiger partial charge in [0.05, 0.1) is 35.7 Å². The Bertz CT molecular complexity index is 474. The van der Waals surface area contributed by atoms with Crippen LogP contribution in [0.1, 0.15) is 28.9 Å². The van der Waals surface area contributed by atoms with Crippen LogP contribution in [0.3, 0.4) is 0 Å². The number of nitriles is 2. The van der Waals surface area contributed by atoms with Crippen LogP contribution in [0.4, 0.5) is 8.78 Å². The van der Waals surface area contributed by atoms with E-state index in [4.69, 9.17) is 22.1 Å². The average Bonchev–Trinajstić information content (AvgIpc) is 2.29. The molecule has 0 bridgehead atoms. The van der Waals surface area contributed by atoms with Gasteiger partial charge < -0.3 is 0 Å². The molecule has 0 saturated heterocycles. The summed E-state index contributed by atoms with van der Waals surface area (Å²) in [5, 5.41) is 17.4. The molecule has 0 aromatic carbocycles. The van der Waals surface area contributed by atoms with E-state index in [1.165, 1.54) is 0 Å². The van der Waals surface area contributed by atoms with Gasteiger partial charge in [-0.05, 0) is 6.07 Å². The summed E-state index contributed by atoms with van der Waals surface area (Å²) in [6, 6.07) is 4.61. The highest BCUT2D eigenvalue weighted by Crippen LogP contribution is 2.23. The first kappa shape index (κ1) is 12.4. The summed E-state index contributed by atoms with van der Waals surface area (Å²) in [5.41, 5.74) is 0.0263. The molecule has 3 nitrogen and oxygen atoms in total. The van der Waals surface area contributed by atoms with Crippen molar-refractivity contribution in [2.24, 2.45) is 0 Å². The van der Waals surface area contributed by atoms with E-state index >= 15 is 0 Å². The summed E-state index contributed by atoms with van der Waals surface area (Å²) in [6.07, 6.45) is -2.83. The molecule has 82 valence electrons.